The standard InChI is InChI=1S/C16H10F4N4OS2/c17-8-3-1-2-4-10(8)22-15-23-24-16(27-15)26-7-12(25)21-11-6-5-9(18)13(19)14(11)20/h1-6H,7H2,(H,21,25)(H,22,23). The number of para-hydroxylation sites is 1. The van der Waals surface area contributed by atoms with Gasteiger partial charge in [0.25, 0.3) is 0 Å². The first kappa shape index (κ1) is 19.1. The summed E-state index contributed by atoms with van der Waals surface area (Å²) in [7, 11) is 0. The molecule has 0 spiro atoms. The minimum atomic E-state index is -1.66. The van der Waals surface area contributed by atoms with Gasteiger partial charge in [-0.15, -0.1) is 10.2 Å². The number of nitrogens with zero attached hydrogens (tertiary/aromatic N) is 2. The average molecular weight is 414 g/mol. The van der Waals surface area contributed by atoms with Crippen molar-refractivity contribution in [1.29, 1.82) is 0 Å². The van der Waals surface area contributed by atoms with Crippen LogP contribution in [-0.2, 0) is 4.79 Å². The number of carbonyl (C=O) groups excluding carboxylic acids is 1. The molecule has 1 heterocycles. The van der Waals surface area contributed by atoms with Crippen LogP contribution in [-0.4, -0.2) is 21.9 Å². The highest BCUT2D eigenvalue weighted by Crippen LogP contribution is 2.28. The van der Waals surface area contributed by atoms with Gasteiger partial charge in [0.2, 0.25) is 11.0 Å². The van der Waals surface area contributed by atoms with Crippen molar-refractivity contribution >= 4 is 45.5 Å². The number of rotatable bonds is 6. The molecule has 2 aromatic carbocycles. The predicted octanol–water partition coefficient (Wildman–Crippen LogP) is 4.57. The largest absolute Gasteiger partial charge is 0.328 e. The van der Waals surface area contributed by atoms with Crippen LogP contribution in [0.1, 0.15) is 0 Å². The van der Waals surface area contributed by atoms with E-state index in [0.29, 0.717) is 15.5 Å². The van der Waals surface area contributed by atoms with Crippen LogP contribution < -0.4 is 10.6 Å². The molecular weight excluding hydrogens is 404 g/mol. The predicted molar refractivity (Wildman–Crippen MR) is 95.3 cm³/mol. The van der Waals surface area contributed by atoms with Gasteiger partial charge < -0.3 is 10.6 Å². The van der Waals surface area contributed by atoms with E-state index in [2.05, 4.69) is 20.8 Å². The van der Waals surface area contributed by atoms with Crippen molar-refractivity contribution in [3.8, 4) is 0 Å². The Balaban J connectivity index is 1.56. The van der Waals surface area contributed by atoms with Crippen molar-refractivity contribution in [2.45, 2.75) is 4.34 Å². The SMILES string of the molecule is O=C(CSc1nnc(Nc2ccccc2F)s1)Nc1ccc(F)c(F)c1F. The maximum atomic E-state index is 13.6. The topological polar surface area (TPSA) is 66.9 Å². The van der Waals surface area contributed by atoms with Gasteiger partial charge in [-0.05, 0) is 24.3 Å². The van der Waals surface area contributed by atoms with Gasteiger partial charge in [-0.25, -0.2) is 17.6 Å². The number of amides is 1. The second-order valence-corrected chi connectivity index (χ2v) is 7.24. The minimum Gasteiger partial charge on any atom is -0.328 e. The zero-order chi connectivity index (χ0) is 19.4. The van der Waals surface area contributed by atoms with Gasteiger partial charge in [0, 0.05) is 0 Å². The van der Waals surface area contributed by atoms with Crippen LogP contribution >= 0.6 is 23.1 Å². The van der Waals surface area contributed by atoms with Gasteiger partial charge in [0.15, 0.2) is 21.8 Å². The summed E-state index contributed by atoms with van der Waals surface area (Å²) >= 11 is 2.10. The number of aromatic nitrogens is 2. The third-order valence-corrected chi connectivity index (χ3v) is 5.13. The lowest BCUT2D eigenvalue weighted by Gasteiger charge is -2.06. The lowest BCUT2D eigenvalue weighted by atomic mass is 10.3. The van der Waals surface area contributed by atoms with Crippen molar-refractivity contribution in [2.75, 3.05) is 16.4 Å². The van der Waals surface area contributed by atoms with Crippen molar-refractivity contribution in [1.82, 2.24) is 10.2 Å². The number of benzene rings is 2. The van der Waals surface area contributed by atoms with E-state index in [4.69, 9.17) is 0 Å². The van der Waals surface area contributed by atoms with Crippen LogP contribution in [0.4, 0.5) is 34.1 Å². The van der Waals surface area contributed by atoms with Gasteiger partial charge in [-0.1, -0.05) is 35.2 Å². The minimum absolute atomic E-state index is 0.160. The highest BCUT2D eigenvalue weighted by Gasteiger charge is 2.16. The molecule has 0 aliphatic rings. The summed E-state index contributed by atoms with van der Waals surface area (Å²) in [6.07, 6.45) is 0. The number of hydrogen-bond donors (Lipinski definition) is 2. The molecule has 0 unspecified atom stereocenters. The highest BCUT2D eigenvalue weighted by molar-refractivity contribution is 8.01. The molecule has 0 atom stereocenters. The maximum Gasteiger partial charge on any atom is 0.234 e. The van der Waals surface area contributed by atoms with Crippen LogP contribution in [0.15, 0.2) is 40.7 Å². The first-order valence-corrected chi connectivity index (χ1v) is 9.15. The molecule has 2 N–H and O–H groups in total. The molecule has 0 saturated carbocycles. The normalized spacial score (nSPS) is 10.7. The van der Waals surface area contributed by atoms with Gasteiger partial charge >= 0.3 is 0 Å². The number of hydrogen-bond acceptors (Lipinski definition) is 6. The molecular formula is C16H10F4N4OS2. The van der Waals surface area contributed by atoms with Crippen molar-refractivity contribution < 1.29 is 22.4 Å². The summed E-state index contributed by atoms with van der Waals surface area (Å²) in [5.74, 6) is -5.72. The molecule has 3 rings (SSSR count). The summed E-state index contributed by atoms with van der Waals surface area (Å²) < 4.78 is 53.5. The Labute approximate surface area is 158 Å². The van der Waals surface area contributed by atoms with Gasteiger partial charge in [0.05, 0.1) is 17.1 Å². The van der Waals surface area contributed by atoms with Crippen LogP contribution in [0.3, 0.4) is 0 Å². The van der Waals surface area contributed by atoms with Gasteiger partial charge in [-0.3, -0.25) is 4.79 Å². The molecule has 1 aromatic heterocycles. The van der Waals surface area contributed by atoms with Gasteiger partial charge in [0.1, 0.15) is 5.82 Å². The third-order valence-electron chi connectivity index (χ3n) is 3.16. The summed E-state index contributed by atoms with van der Waals surface area (Å²) in [4.78, 5) is 11.9. The molecule has 1 amide bonds. The molecule has 27 heavy (non-hydrogen) atoms. The molecule has 0 fully saturated rings. The number of thioether (sulfide) groups is 1. The summed E-state index contributed by atoms with van der Waals surface area (Å²) in [5.41, 5.74) is -0.226. The Bertz CT molecular complexity index is 983. The summed E-state index contributed by atoms with van der Waals surface area (Å²) in [5, 5.41) is 12.9. The lowest BCUT2D eigenvalue weighted by Crippen LogP contribution is -2.15. The summed E-state index contributed by atoms with van der Waals surface area (Å²) in [6, 6.07) is 7.68. The molecule has 0 saturated heterocycles. The smallest absolute Gasteiger partial charge is 0.234 e. The first-order valence-electron chi connectivity index (χ1n) is 7.35. The molecule has 0 aliphatic heterocycles. The van der Waals surface area contributed by atoms with E-state index in [0.717, 1.165) is 29.2 Å². The monoisotopic (exact) mass is 414 g/mol. The molecule has 5 nitrogen and oxygen atoms in total. The van der Waals surface area contributed by atoms with Crippen LogP contribution in [0.5, 0.6) is 0 Å². The second-order valence-electron chi connectivity index (χ2n) is 5.04. The molecule has 0 aliphatic carbocycles. The van der Waals surface area contributed by atoms with Crippen LogP contribution in [0.25, 0.3) is 0 Å². The molecule has 0 radical (unpaired) electrons. The fourth-order valence-electron chi connectivity index (χ4n) is 1.93. The lowest BCUT2D eigenvalue weighted by molar-refractivity contribution is -0.113. The Hall–Kier alpha value is -2.66. The molecule has 0 bridgehead atoms. The van der Waals surface area contributed by atoms with Crippen LogP contribution in [0, 0.1) is 23.3 Å². The third kappa shape index (κ3) is 4.74. The first-order chi connectivity index (χ1) is 12.9. The van der Waals surface area contributed by atoms with E-state index in [1.54, 1.807) is 12.1 Å². The van der Waals surface area contributed by atoms with E-state index in [1.165, 1.54) is 12.1 Å². The van der Waals surface area contributed by atoms with Crippen molar-refractivity contribution in [3.05, 3.63) is 59.7 Å². The second kappa shape index (κ2) is 8.35. The average Bonchev–Trinajstić information content (AvgIpc) is 3.10. The van der Waals surface area contributed by atoms with E-state index in [9.17, 15) is 22.4 Å². The zero-order valence-corrected chi connectivity index (χ0v) is 14.9. The maximum absolute atomic E-state index is 13.6. The number of carbonyl (C=O) groups is 1. The summed E-state index contributed by atoms with van der Waals surface area (Å²) in [6.45, 7) is 0. The number of nitrogens with one attached hydrogen (secondary N) is 2. The fraction of sp³-hybridized carbons (Fsp3) is 0.0625. The molecule has 140 valence electrons. The van der Waals surface area contributed by atoms with Gasteiger partial charge in [-0.2, -0.15) is 0 Å². The number of anilines is 3. The van der Waals surface area contributed by atoms with Crippen molar-refractivity contribution in [3.63, 3.8) is 0 Å². The fourth-order valence-corrected chi connectivity index (χ4v) is 3.50. The van der Waals surface area contributed by atoms with E-state index in [-0.39, 0.29) is 11.4 Å². The quantitative estimate of drug-likeness (QED) is 0.351. The molecule has 11 heteroatoms. The van der Waals surface area contributed by atoms with Crippen LogP contribution in [0.2, 0.25) is 0 Å². The Morgan fingerprint density at radius 1 is 0.963 bits per heavy atom. The van der Waals surface area contributed by atoms with E-state index in [1.807, 2.05) is 0 Å². The number of halogens is 4. The highest BCUT2D eigenvalue weighted by atomic mass is 32.2. The Morgan fingerprint density at radius 2 is 1.74 bits per heavy atom. The Kier molecular flexibility index (Phi) is 5.91. The zero-order valence-electron chi connectivity index (χ0n) is 13.3. The molecule has 3 aromatic rings. The van der Waals surface area contributed by atoms with Crippen molar-refractivity contribution in [2.24, 2.45) is 0 Å². The van der Waals surface area contributed by atoms with E-state index >= 15 is 0 Å². The van der Waals surface area contributed by atoms with E-state index < -0.39 is 34.9 Å². The Morgan fingerprint density at radius 3 is 2.52 bits per heavy atom.